The van der Waals surface area contributed by atoms with Crippen LogP contribution in [0.4, 0.5) is 0 Å². The van der Waals surface area contributed by atoms with E-state index in [0.717, 1.165) is 16.5 Å². The lowest BCUT2D eigenvalue weighted by atomic mass is 9.92. The molecule has 106 valence electrons. The van der Waals surface area contributed by atoms with E-state index in [4.69, 9.17) is 10.8 Å². The molecule has 0 aliphatic heterocycles. The van der Waals surface area contributed by atoms with Crippen molar-refractivity contribution in [3.05, 3.63) is 48.2 Å². The smallest absolute Gasteiger partial charge is 0.312 e. The number of benzene rings is 1. The maximum absolute atomic E-state index is 11.0. The van der Waals surface area contributed by atoms with Gasteiger partial charge in [-0.3, -0.25) is 4.79 Å². The van der Waals surface area contributed by atoms with Crippen molar-refractivity contribution in [2.24, 2.45) is 11.1 Å². The lowest BCUT2D eigenvalue weighted by Gasteiger charge is -2.14. The SMILES string of the molecule is CC(C)(/C=C/[C@H](N)Cc1c[nH]c2ccccc12)C(=O)O. The Morgan fingerprint density at radius 2 is 2.15 bits per heavy atom. The number of carbonyl (C=O) groups is 1. The average molecular weight is 272 g/mol. The maximum atomic E-state index is 11.0. The Kier molecular flexibility index (Phi) is 3.95. The second kappa shape index (κ2) is 5.51. The number of carboxylic acid groups (broad SMARTS) is 1. The number of rotatable bonds is 5. The van der Waals surface area contributed by atoms with Crippen molar-refractivity contribution in [3.8, 4) is 0 Å². The molecule has 1 atom stereocenters. The molecule has 4 nitrogen and oxygen atoms in total. The molecule has 0 spiro atoms. The van der Waals surface area contributed by atoms with Crippen LogP contribution in [0.1, 0.15) is 19.4 Å². The van der Waals surface area contributed by atoms with Crippen LogP contribution < -0.4 is 5.73 Å². The standard InChI is InChI=1S/C16H20N2O2/c1-16(2,15(19)20)8-7-12(17)9-11-10-18-14-6-4-3-5-13(11)14/h3-8,10,12,18H,9,17H2,1-2H3,(H,19,20)/b8-7+/t12-/m0/s1. The molecule has 20 heavy (non-hydrogen) atoms. The van der Waals surface area contributed by atoms with E-state index >= 15 is 0 Å². The van der Waals surface area contributed by atoms with Crippen LogP contribution >= 0.6 is 0 Å². The highest BCUT2D eigenvalue weighted by Gasteiger charge is 2.23. The second-order valence-electron chi connectivity index (χ2n) is 5.61. The topological polar surface area (TPSA) is 79.1 Å². The van der Waals surface area contributed by atoms with Crippen molar-refractivity contribution < 1.29 is 9.90 Å². The molecule has 0 bridgehead atoms. The van der Waals surface area contributed by atoms with Crippen LogP contribution in [0.5, 0.6) is 0 Å². The highest BCUT2D eigenvalue weighted by molar-refractivity contribution is 5.83. The Morgan fingerprint density at radius 3 is 2.85 bits per heavy atom. The molecule has 0 aliphatic rings. The predicted molar refractivity (Wildman–Crippen MR) is 80.5 cm³/mol. The second-order valence-corrected chi connectivity index (χ2v) is 5.61. The van der Waals surface area contributed by atoms with Gasteiger partial charge in [0.25, 0.3) is 0 Å². The number of para-hydroxylation sites is 1. The monoisotopic (exact) mass is 272 g/mol. The molecule has 0 fully saturated rings. The highest BCUT2D eigenvalue weighted by atomic mass is 16.4. The van der Waals surface area contributed by atoms with Gasteiger partial charge in [-0.1, -0.05) is 30.4 Å². The Balaban J connectivity index is 2.10. The summed E-state index contributed by atoms with van der Waals surface area (Å²) >= 11 is 0. The molecule has 1 heterocycles. The van der Waals surface area contributed by atoms with Gasteiger partial charge in [0.05, 0.1) is 5.41 Å². The van der Waals surface area contributed by atoms with E-state index in [9.17, 15) is 4.79 Å². The lowest BCUT2D eigenvalue weighted by Crippen LogP contribution is -2.24. The lowest BCUT2D eigenvalue weighted by molar-refractivity contribution is -0.144. The molecule has 4 N–H and O–H groups in total. The first-order chi connectivity index (χ1) is 9.40. The van der Waals surface area contributed by atoms with E-state index in [-0.39, 0.29) is 6.04 Å². The average Bonchev–Trinajstić information content (AvgIpc) is 2.80. The van der Waals surface area contributed by atoms with Gasteiger partial charge in [0.1, 0.15) is 0 Å². The first kappa shape index (κ1) is 14.3. The summed E-state index contributed by atoms with van der Waals surface area (Å²) < 4.78 is 0. The van der Waals surface area contributed by atoms with Crippen molar-refractivity contribution >= 4 is 16.9 Å². The van der Waals surface area contributed by atoms with Gasteiger partial charge in [0, 0.05) is 23.1 Å². The predicted octanol–water partition coefficient (Wildman–Crippen LogP) is 2.70. The zero-order valence-electron chi connectivity index (χ0n) is 11.8. The number of aromatic nitrogens is 1. The molecule has 2 aromatic rings. The number of carboxylic acids is 1. The van der Waals surface area contributed by atoms with E-state index in [1.807, 2.05) is 24.4 Å². The van der Waals surface area contributed by atoms with Crippen LogP contribution in [0.3, 0.4) is 0 Å². The number of fused-ring (bicyclic) bond motifs is 1. The Hall–Kier alpha value is -2.07. The summed E-state index contributed by atoms with van der Waals surface area (Å²) in [5.74, 6) is -0.854. The Morgan fingerprint density at radius 1 is 1.45 bits per heavy atom. The molecule has 1 aromatic carbocycles. The largest absolute Gasteiger partial charge is 0.481 e. The molecule has 0 unspecified atom stereocenters. The molecule has 0 amide bonds. The number of hydrogen-bond acceptors (Lipinski definition) is 2. The summed E-state index contributed by atoms with van der Waals surface area (Å²) in [6.07, 6.45) is 6.07. The van der Waals surface area contributed by atoms with E-state index in [0.29, 0.717) is 6.42 Å². The van der Waals surface area contributed by atoms with Crippen molar-refractivity contribution in [2.75, 3.05) is 0 Å². The van der Waals surface area contributed by atoms with Crippen LogP contribution in [0.2, 0.25) is 0 Å². The summed E-state index contributed by atoms with van der Waals surface area (Å²) in [6.45, 7) is 3.31. The summed E-state index contributed by atoms with van der Waals surface area (Å²) in [5.41, 5.74) is 7.41. The number of nitrogens with two attached hydrogens (primary N) is 1. The molecule has 0 saturated carbocycles. The fourth-order valence-electron chi connectivity index (χ4n) is 2.06. The van der Waals surface area contributed by atoms with Crippen LogP contribution in [0.15, 0.2) is 42.6 Å². The molecule has 4 heteroatoms. The summed E-state index contributed by atoms with van der Waals surface area (Å²) in [4.78, 5) is 14.2. The van der Waals surface area contributed by atoms with Gasteiger partial charge < -0.3 is 15.8 Å². The summed E-state index contributed by atoms with van der Waals surface area (Å²) in [6, 6.07) is 7.85. The van der Waals surface area contributed by atoms with Gasteiger partial charge >= 0.3 is 5.97 Å². The summed E-state index contributed by atoms with van der Waals surface area (Å²) in [7, 11) is 0. The third-order valence-corrected chi connectivity index (χ3v) is 3.44. The van der Waals surface area contributed by atoms with Crippen LogP contribution in [-0.4, -0.2) is 22.1 Å². The highest BCUT2D eigenvalue weighted by Crippen LogP contribution is 2.20. The number of nitrogens with one attached hydrogen (secondary N) is 1. The van der Waals surface area contributed by atoms with Gasteiger partial charge in [-0.2, -0.15) is 0 Å². The molecular formula is C16H20N2O2. The van der Waals surface area contributed by atoms with Crippen LogP contribution in [0, 0.1) is 5.41 Å². The van der Waals surface area contributed by atoms with Crippen LogP contribution in [0.25, 0.3) is 10.9 Å². The first-order valence-corrected chi connectivity index (χ1v) is 6.63. The van der Waals surface area contributed by atoms with E-state index < -0.39 is 11.4 Å². The molecule has 1 aromatic heterocycles. The van der Waals surface area contributed by atoms with E-state index in [1.54, 1.807) is 26.0 Å². The van der Waals surface area contributed by atoms with Gasteiger partial charge in [-0.15, -0.1) is 0 Å². The minimum Gasteiger partial charge on any atom is -0.481 e. The summed E-state index contributed by atoms with van der Waals surface area (Å²) in [5, 5.41) is 10.2. The number of H-pyrrole nitrogens is 1. The first-order valence-electron chi connectivity index (χ1n) is 6.63. The molecule has 0 radical (unpaired) electrons. The Labute approximate surface area is 118 Å². The van der Waals surface area contributed by atoms with Gasteiger partial charge in [0.2, 0.25) is 0 Å². The maximum Gasteiger partial charge on any atom is 0.312 e. The van der Waals surface area contributed by atoms with Crippen molar-refractivity contribution in [1.29, 1.82) is 0 Å². The normalized spacial score (nSPS) is 13.9. The molecule has 0 aliphatic carbocycles. The van der Waals surface area contributed by atoms with Crippen molar-refractivity contribution in [1.82, 2.24) is 4.98 Å². The third-order valence-electron chi connectivity index (χ3n) is 3.44. The van der Waals surface area contributed by atoms with Gasteiger partial charge in [-0.05, 0) is 31.9 Å². The van der Waals surface area contributed by atoms with E-state index in [2.05, 4.69) is 11.1 Å². The van der Waals surface area contributed by atoms with Crippen molar-refractivity contribution in [3.63, 3.8) is 0 Å². The molecule has 0 saturated heterocycles. The van der Waals surface area contributed by atoms with Gasteiger partial charge in [-0.25, -0.2) is 0 Å². The molecular weight excluding hydrogens is 252 g/mol. The minimum atomic E-state index is -0.891. The van der Waals surface area contributed by atoms with Crippen molar-refractivity contribution in [2.45, 2.75) is 26.3 Å². The Bertz CT molecular complexity index is 641. The zero-order valence-corrected chi connectivity index (χ0v) is 11.8. The number of aromatic amines is 1. The fraction of sp³-hybridized carbons (Fsp3) is 0.312. The zero-order chi connectivity index (χ0) is 14.8. The van der Waals surface area contributed by atoms with Gasteiger partial charge in [0.15, 0.2) is 0 Å². The van der Waals surface area contributed by atoms with E-state index in [1.165, 1.54) is 0 Å². The quantitative estimate of drug-likeness (QED) is 0.732. The fourth-order valence-corrected chi connectivity index (χ4v) is 2.06. The number of hydrogen-bond donors (Lipinski definition) is 3. The molecule has 2 rings (SSSR count). The number of aliphatic carboxylic acids is 1. The third kappa shape index (κ3) is 3.08. The van der Waals surface area contributed by atoms with Crippen LogP contribution in [-0.2, 0) is 11.2 Å². The minimum absolute atomic E-state index is 0.201.